The Bertz CT molecular complexity index is 457. The van der Waals surface area contributed by atoms with Crippen LogP contribution in [-0.2, 0) is 0 Å². The Hall–Kier alpha value is -1.77. The lowest BCUT2D eigenvalue weighted by molar-refractivity contribution is 0.833. The molecule has 3 heteroatoms. The zero-order chi connectivity index (χ0) is 10.8. The van der Waals surface area contributed by atoms with Gasteiger partial charge in [0.1, 0.15) is 5.82 Å². The number of benzene rings is 1. The number of nitrogens with two attached hydrogens (primary N) is 1. The van der Waals surface area contributed by atoms with Gasteiger partial charge in [-0.05, 0) is 18.1 Å². The highest BCUT2D eigenvalue weighted by Gasteiger charge is 2.05. The van der Waals surface area contributed by atoms with E-state index in [0.29, 0.717) is 5.92 Å². The molecule has 0 atom stereocenters. The number of imidazole rings is 1. The first kappa shape index (κ1) is 9.77. The third kappa shape index (κ3) is 2.01. The van der Waals surface area contributed by atoms with Gasteiger partial charge in [0.05, 0.1) is 0 Å². The van der Waals surface area contributed by atoms with Gasteiger partial charge in [-0.25, -0.2) is 4.98 Å². The number of hydrogen-bond donors (Lipinski definition) is 2. The van der Waals surface area contributed by atoms with Gasteiger partial charge in [-0.2, -0.15) is 0 Å². The number of nitrogens with zero attached hydrogens (tertiary/aromatic N) is 1. The summed E-state index contributed by atoms with van der Waals surface area (Å²) in [4.78, 5) is 7.63. The molecule has 0 aliphatic heterocycles. The predicted octanol–water partition coefficient (Wildman–Crippen LogP) is 2.78. The van der Waals surface area contributed by atoms with Crippen LogP contribution >= 0.6 is 0 Å². The highest BCUT2D eigenvalue weighted by atomic mass is 14.9. The first-order valence-electron chi connectivity index (χ1n) is 5.07. The summed E-state index contributed by atoms with van der Waals surface area (Å²) < 4.78 is 0. The van der Waals surface area contributed by atoms with Gasteiger partial charge in [0.15, 0.2) is 0 Å². The van der Waals surface area contributed by atoms with Crippen LogP contribution in [0.1, 0.15) is 25.5 Å². The number of nitrogens with one attached hydrogen (secondary N) is 1. The molecular weight excluding hydrogens is 186 g/mol. The van der Waals surface area contributed by atoms with E-state index in [0.717, 1.165) is 22.8 Å². The fourth-order valence-corrected chi connectivity index (χ4v) is 1.46. The number of anilines is 1. The molecule has 2 rings (SSSR count). The zero-order valence-corrected chi connectivity index (χ0v) is 8.99. The molecule has 0 saturated heterocycles. The number of nitrogen functional groups attached to an aromatic ring is 1. The molecule has 0 unspecified atom stereocenters. The van der Waals surface area contributed by atoms with Gasteiger partial charge in [0.2, 0.25) is 0 Å². The van der Waals surface area contributed by atoms with Crippen LogP contribution in [0.25, 0.3) is 11.4 Å². The molecule has 0 saturated carbocycles. The van der Waals surface area contributed by atoms with Crippen molar-refractivity contribution in [3.05, 3.63) is 36.2 Å². The molecule has 3 nitrogen and oxygen atoms in total. The summed E-state index contributed by atoms with van der Waals surface area (Å²) in [7, 11) is 0. The van der Waals surface area contributed by atoms with Gasteiger partial charge in [0.25, 0.3) is 0 Å². The smallest absolute Gasteiger partial charge is 0.137 e. The van der Waals surface area contributed by atoms with Gasteiger partial charge >= 0.3 is 0 Å². The molecule has 0 fully saturated rings. The molecule has 0 aliphatic rings. The van der Waals surface area contributed by atoms with Crippen molar-refractivity contribution in [3.63, 3.8) is 0 Å². The zero-order valence-electron chi connectivity index (χ0n) is 8.99. The standard InChI is InChI=1S/C12H15N3/c1-8(2)11-7-14-12(15-11)9-4-3-5-10(13)6-9/h3-8H,13H2,1-2H3,(H,14,15). The Labute approximate surface area is 89.4 Å². The van der Waals surface area contributed by atoms with Crippen LogP contribution in [0.4, 0.5) is 5.69 Å². The fourth-order valence-electron chi connectivity index (χ4n) is 1.46. The maximum atomic E-state index is 5.72. The molecule has 0 spiro atoms. The molecule has 0 amide bonds. The monoisotopic (exact) mass is 201 g/mol. The minimum atomic E-state index is 0.465. The molecule has 0 bridgehead atoms. The average molecular weight is 201 g/mol. The van der Waals surface area contributed by atoms with Crippen LogP contribution in [0.5, 0.6) is 0 Å². The summed E-state index contributed by atoms with van der Waals surface area (Å²) in [6.45, 7) is 4.27. The van der Waals surface area contributed by atoms with Crippen LogP contribution in [0.2, 0.25) is 0 Å². The summed E-state index contributed by atoms with van der Waals surface area (Å²) in [6.07, 6.45) is 1.88. The lowest BCUT2D eigenvalue weighted by atomic mass is 10.1. The van der Waals surface area contributed by atoms with Crippen molar-refractivity contribution in [2.45, 2.75) is 19.8 Å². The number of H-pyrrole nitrogens is 1. The number of aromatic amines is 1. The second-order valence-electron chi connectivity index (χ2n) is 3.97. The SMILES string of the molecule is CC(C)c1cnc(-c2cccc(N)c2)[nH]1. The van der Waals surface area contributed by atoms with E-state index in [2.05, 4.69) is 23.8 Å². The highest BCUT2D eigenvalue weighted by Crippen LogP contribution is 2.20. The van der Waals surface area contributed by atoms with Gasteiger partial charge in [-0.1, -0.05) is 26.0 Å². The van der Waals surface area contributed by atoms with Gasteiger partial charge < -0.3 is 10.7 Å². The maximum Gasteiger partial charge on any atom is 0.137 e. The van der Waals surface area contributed by atoms with Crippen LogP contribution in [-0.4, -0.2) is 9.97 Å². The highest BCUT2D eigenvalue weighted by molar-refractivity contribution is 5.61. The average Bonchev–Trinajstić information content (AvgIpc) is 2.66. The lowest BCUT2D eigenvalue weighted by Gasteiger charge is -2.00. The van der Waals surface area contributed by atoms with Crippen molar-refractivity contribution < 1.29 is 0 Å². The minimum absolute atomic E-state index is 0.465. The third-order valence-corrected chi connectivity index (χ3v) is 2.38. The van der Waals surface area contributed by atoms with Crippen molar-refractivity contribution in [2.24, 2.45) is 0 Å². The van der Waals surface area contributed by atoms with E-state index in [1.165, 1.54) is 0 Å². The Balaban J connectivity index is 2.37. The van der Waals surface area contributed by atoms with E-state index in [-0.39, 0.29) is 0 Å². The summed E-state index contributed by atoms with van der Waals surface area (Å²) in [5.74, 6) is 1.35. The Morgan fingerprint density at radius 2 is 2.13 bits per heavy atom. The molecule has 3 N–H and O–H groups in total. The van der Waals surface area contributed by atoms with E-state index in [9.17, 15) is 0 Å². The maximum absolute atomic E-state index is 5.72. The first-order chi connectivity index (χ1) is 7.16. The van der Waals surface area contributed by atoms with Crippen LogP contribution in [0.15, 0.2) is 30.5 Å². The van der Waals surface area contributed by atoms with Crippen molar-refractivity contribution in [1.82, 2.24) is 9.97 Å². The van der Waals surface area contributed by atoms with E-state index < -0.39 is 0 Å². The molecule has 15 heavy (non-hydrogen) atoms. The van der Waals surface area contributed by atoms with Crippen molar-refractivity contribution in [2.75, 3.05) is 5.73 Å². The predicted molar refractivity (Wildman–Crippen MR) is 62.5 cm³/mol. The largest absolute Gasteiger partial charge is 0.399 e. The van der Waals surface area contributed by atoms with E-state index in [1.54, 1.807) is 0 Å². The third-order valence-electron chi connectivity index (χ3n) is 2.38. The quantitative estimate of drug-likeness (QED) is 0.734. The lowest BCUT2D eigenvalue weighted by Crippen LogP contribution is -1.88. The summed E-state index contributed by atoms with van der Waals surface area (Å²) in [5, 5.41) is 0. The molecule has 2 aromatic rings. The van der Waals surface area contributed by atoms with Gasteiger partial charge in [-0.3, -0.25) is 0 Å². The van der Waals surface area contributed by atoms with Gasteiger partial charge in [0, 0.05) is 23.1 Å². The second kappa shape index (κ2) is 3.77. The summed E-state index contributed by atoms with van der Waals surface area (Å²) in [6, 6.07) is 7.72. The molecular formula is C12H15N3. The van der Waals surface area contributed by atoms with Gasteiger partial charge in [-0.15, -0.1) is 0 Å². The van der Waals surface area contributed by atoms with Crippen molar-refractivity contribution >= 4 is 5.69 Å². The number of rotatable bonds is 2. The number of hydrogen-bond acceptors (Lipinski definition) is 2. The molecule has 0 aliphatic carbocycles. The Morgan fingerprint density at radius 3 is 2.73 bits per heavy atom. The molecule has 1 aromatic heterocycles. The molecule has 0 radical (unpaired) electrons. The number of aromatic nitrogens is 2. The van der Waals surface area contributed by atoms with E-state index in [1.807, 2.05) is 30.5 Å². The summed E-state index contributed by atoms with van der Waals surface area (Å²) >= 11 is 0. The topological polar surface area (TPSA) is 54.7 Å². The molecule has 1 aromatic carbocycles. The molecule has 78 valence electrons. The second-order valence-corrected chi connectivity index (χ2v) is 3.97. The van der Waals surface area contributed by atoms with Crippen LogP contribution in [0.3, 0.4) is 0 Å². The van der Waals surface area contributed by atoms with Crippen molar-refractivity contribution in [1.29, 1.82) is 0 Å². The first-order valence-corrected chi connectivity index (χ1v) is 5.07. The fraction of sp³-hybridized carbons (Fsp3) is 0.250. The minimum Gasteiger partial charge on any atom is -0.399 e. The van der Waals surface area contributed by atoms with E-state index in [4.69, 9.17) is 5.73 Å². The molecule has 1 heterocycles. The van der Waals surface area contributed by atoms with Crippen LogP contribution < -0.4 is 5.73 Å². The van der Waals surface area contributed by atoms with E-state index >= 15 is 0 Å². The summed E-state index contributed by atoms with van der Waals surface area (Å²) in [5.41, 5.74) is 8.66. The normalized spacial score (nSPS) is 10.9. The van der Waals surface area contributed by atoms with Crippen LogP contribution in [0, 0.1) is 0 Å². The van der Waals surface area contributed by atoms with Crippen molar-refractivity contribution in [3.8, 4) is 11.4 Å². The Kier molecular flexibility index (Phi) is 2.46. The Morgan fingerprint density at radius 1 is 1.33 bits per heavy atom.